The monoisotopic (exact) mass is 478 g/mol. The molecule has 3 rings (SSSR count). The molecule has 0 radical (unpaired) electrons. The van der Waals surface area contributed by atoms with Crippen molar-refractivity contribution in [3.8, 4) is 5.75 Å². The molecule has 0 heterocycles. The topological polar surface area (TPSA) is 109 Å². The Morgan fingerprint density at radius 1 is 0.912 bits per heavy atom. The Kier molecular flexibility index (Phi) is 8.76. The van der Waals surface area contributed by atoms with Crippen LogP contribution in [0.1, 0.15) is 18.1 Å². The highest BCUT2D eigenvalue weighted by Gasteiger charge is 2.14. The number of hydrogen-bond acceptors (Lipinski definition) is 5. The number of amides is 3. The second-order valence-corrected chi connectivity index (χ2v) is 7.51. The summed E-state index contributed by atoms with van der Waals surface area (Å²) in [7, 11) is 0. The maximum atomic E-state index is 12.1. The van der Waals surface area contributed by atoms with E-state index in [0.717, 1.165) is 12.0 Å². The predicted molar refractivity (Wildman–Crippen MR) is 132 cm³/mol. The van der Waals surface area contributed by atoms with Crippen LogP contribution < -0.4 is 20.8 Å². The van der Waals surface area contributed by atoms with Crippen LogP contribution in [0.15, 0.2) is 77.9 Å². The van der Waals surface area contributed by atoms with E-state index in [-0.39, 0.29) is 12.5 Å². The first-order chi connectivity index (χ1) is 16.4. The van der Waals surface area contributed by atoms with E-state index < -0.39 is 11.8 Å². The number of rotatable bonds is 8. The van der Waals surface area contributed by atoms with Crippen molar-refractivity contribution in [2.75, 3.05) is 17.2 Å². The van der Waals surface area contributed by atoms with E-state index in [4.69, 9.17) is 16.3 Å². The van der Waals surface area contributed by atoms with Crippen molar-refractivity contribution in [3.63, 3.8) is 0 Å². The minimum absolute atomic E-state index is 0.164. The summed E-state index contributed by atoms with van der Waals surface area (Å²) in [6.45, 7) is 1.80. The fourth-order valence-corrected chi connectivity index (χ4v) is 3.00. The van der Waals surface area contributed by atoms with Gasteiger partial charge in [-0.2, -0.15) is 5.10 Å². The molecule has 0 atom stereocenters. The Morgan fingerprint density at radius 3 is 2.32 bits per heavy atom. The van der Waals surface area contributed by atoms with E-state index >= 15 is 0 Å². The summed E-state index contributed by atoms with van der Waals surface area (Å²) in [5.41, 5.74) is 5.00. The first-order valence-corrected chi connectivity index (χ1v) is 10.8. The van der Waals surface area contributed by atoms with Crippen LogP contribution in [0, 0.1) is 0 Å². The minimum Gasteiger partial charge on any atom is -0.484 e. The van der Waals surface area contributed by atoms with Gasteiger partial charge in [-0.3, -0.25) is 14.4 Å². The smallest absolute Gasteiger partial charge is 0.329 e. The zero-order valence-electron chi connectivity index (χ0n) is 18.4. The van der Waals surface area contributed by atoms with Gasteiger partial charge in [0, 0.05) is 16.4 Å². The third kappa shape index (κ3) is 7.46. The molecule has 3 aromatic carbocycles. The van der Waals surface area contributed by atoms with Crippen LogP contribution in [0.25, 0.3) is 0 Å². The summed E-state index contributed by atoms with van der Waals surface area (Å²) >= 11 is 5.82. The molecule has 0 spiro atoms. The Morgan fingerprint density at radius 2 is 1.62 bits per heavy atom. The molecule has 0 unspecified atom stereocenters. The maximum absolute atomic E-state index is 12.1. The number of aryl methyl sites for hydroxylation is 1. The van der Waals surface area contributed by atoms with E-state index in [0.29, 0.717) is 27.7 Å². The molecule has 34 heavy (non-hydrogen) atoms. The summed E-state index contributed by atoms with van der Waals surface area (Å²) < 4.78 is 5.46. The molecule has 0 aliphatic rings. The van der Waals surface area contributed by atoms with Gasteiger partial charge < -0.3 is 15.4 Å². The van der Waals surface area contributed by atoms with Crippen molar-refractivity contribution in [1.29, 1.82) is 0 Å². The van der Waals surface area contributed by atoms with Crippen LogP contribution in [0.4, 0.5) is 11.4 Å². The second-order valence-electron chi connectivity index (χ2n) is 7.08. The van der Waals surface area contributed by atoms with Crippen LogP contribution in [-0.4, -0.2) is 30.5 Å². The molecule has 0 aromatic heterocycles. The summed E-state index contributed by atoms with van der Waals surface area (Å²) in [5, 5.41) is 9.67. The van der Waals surface area contributed by atoms with Gasteiger partial charge in [0.15, 0.2) is 6.61 Å². The van der Waals surface area contributed by atoms with E-state index in [2.05, 4.69) is 21.2 Å². The molecule has 0 aliphatic carbocycles. The molecule has 8 nitrogen and oxygen atoms in total. The molecular weight excluding hydrogens is 456 g/mol. The fourth-order valence-electron chi connectivity index (χ4n) is 2.88. The highest BCUT2D eigenvalue weighted by molar-refractivity contribution is 6.39. The molecule has 3 N–H and O–H groups in total. The van der Waals surface area contributed by atoms with Crippen LogP contribution in [0.2, 0.25) is 5.02 Å². The normalized spacial score (nSPS) is 10.5. The van der Waals surface area contributed by atoms with Crippen LogP contribution in [0.3, 0.4) is 0 Å². The number of nitrogens with one attached hydrogen (secondary N) is 3. The zero-order valence-corrected chi connectivity index (χ0v) is 19.1. The lowest BCUT2D eigenvalue weighted by atomic mass is 10.1. The van der Waals surface area contributed by atoms with Gasteiger partial charge in [0.05, 0.1) is 6.21 Å². The molecule has 0 aliphatic heterocycles. The number of para-hydroxylation sites is 1. The summed E-state index contributed by atoms with van der Waals surface area (Å²) in [6.07, 6.45) is 2.12. The van der Waals surface area contributed by atoms with Gasteiger partial charge in [0.25, 0.3) is 5.91 Å². The number of carbonyl (C=O) groups is 3. The van der Waals surface area contributed by atoms with Crippen molar-refractivity contribution in [1.82, 2.24) is 5.43 Å². The predicted octanol–water partition coefficient (Wildman–Crippen LogP) is 4.01. The van der Waals surface area contributed by atoms with Gasteiger partial charge in [-0.1, -0.05) is 36.7 Å². The number of hydrogen-bond donors (Lipinski definition) is 3. The average molecular weight is 479 g/mol. The highest BCUT2D eigenvalue weighted by atomic mass is 35.5. The number of nitrogens with zero attached hydrogens (tertiary/aromatic N) is 1. The largest absolute Gasteiger partial charge is 0.484 e. The fraction of sp³-hybridized carbons (Fsp3) is 0.120. The van der Waals surface area contributed by atoms with E-state index in [1.165, 1.54) is 6.21 Å². The molecule has 0 bridgehead atoms. The minimum atomic E-state index is -0.881. The lowest BCUT2D eigenvalue weighted by Gasteiger charge is -2.08. The summed E-state index contributed by atoms with van der Waals surface area (Å²) in [5.74, 6) is -1.51. The summed E-state index contributed by atoms with van der Waals surface area (Å²) in [6, 6.07) is 20.7. The van der Waals surface area contributed by atoms with Gasteiger partial charge in [-0.25, -0.2) is 5.43 Å². The second kappa shape index (κ2) is 12.2. The molecule has 0 saturated heterocycles. The molecule has 9 heteroatoms. The Labute approximate surface area is 202 Å². The maximum Gasteiger partial charge on any atom is 0.329 e. The molecule has 0 saturated carbocycles. The SMILES string of the molecule is CCc1ccccc1NC(=O)C(=O)N/N=C\c1ccc(OCC(=O)Nc2ccc(Cl)cc2)cc1. The van der Waals surface area contributed by atoms with Crippen molar-refractivity contribution in [2.45, 2.75) is 13.3 Å². The Balaban J connectivity index is 1.44. The number of hydrazone groups is 1. The van der Waals surface area contributed by atoms with Gasteiger partial charge in [0.2, 0.25) is 0 Å². The van der Waals surface area contributed by atoms with Crippen molar-refractivity contribution in [3.05, 3.63) is 88.9 Å². The van der Waals surface area contributed by atoms with E-state index in [1.807, 2.05) is 19.1 Å². The Bertz CT molecular complexity index is 1180. The summed E-state index contributed by atoms with van der Waals surface area (Å²) in [4.78, 5) is 36.0. The third-order valence-corrected chi connectivity index (χ3v) is 4.86. The van der Waals surface area contributed by atoms with Crippen LogP contribution >= 0.6 is 11.6 Å². The standard InChI is InChI=1S/C25H23ClN4O4/c1-2-18-5-3-4-6-22(18)29-24(32)25(33)30-27-15-17-7-13-21(14-8-17)34-16-23(31)28-20-11-9-19(26)10-12-20/h3-15H,2,16H2,1H3,(H,28,31)(H,29,32)(H,30,33)/b27-15-. The lowest BCUT2D eigenvalue weighted by molar-refractivity contribution is -0.136. The first kappa shape index (κ1) is 24.5. The zero-order chi connectivity index (χ0) is 24.3. The molecule has 3 aromatic rings. The van der Waals surface area contributed by atoms with Crippen molar-refractivity contribution < 1.29 is 19.1 Å². The number of anilines is 2. The van der Waals surface area contributed by atoms with Crippen molar-refractivity contribution >= 4 is 46.9 Å². The van der Waals surface area contributed by atoms with Gasteiger partial charge in [0.1, 0.15) is 5.75 Å². The molecular formula is C25H23ClN4O4. The van der Waals surface area contributed by atoms with Gasteiger partial charge >= 0.3 is 11.8 Å². The first-order valence-electron chi connectivity index (χ1n) is 10.4. The third-order valence-electron chi connectivity index (χ3n) is 4.61. The van der Waals surface area contributed by atoms with Crippen molar-refractivity contribution in [2.24, 2.45) is 5.10 Å². The van der Waals surface area contributed by atoms with Crippen LogP contribution in [-0.2, 0) is 20.8 Å². The quantitative estimate of drug-likeness (QED) is 0.258. The lowest BCUT2D eigenvalue weighted by Crippen LogP contribution is -2.32. The number of carbonyl (C=O) groups excluding carboxylic acids is 3. The average Bonchev–Trinajstić information content (AvgIpc) is 2.85. The number of halogens is 1. The highest BCUT2D eigenvalue weighted by Crippen LogP contribution is 2.16. The Hall–Kier alpha value is -4.17. The van der Waals surface area contributed by atoms with E-state index in [9.17, 15) is 14.4 Å². The molecule has 3 amide bonds. The molecule has 0 fully saturated rings. The number of ether oxygens (including phenoxy) is 1. The van der Waals surface area contributed by atoms with Gasteiger partial charge in [-0.05, 0) is 72.1 Å². The molecule has 174 valence electrons. The number of benzene rings is 3. The van der Waals surface area contributed by atoms with Crippen LogP contribution in [0.5, 0.6) is 5.75 Å². The van der Waals surface area contributed by atoms with E-state index in [1.54, 1.807) is 60.7 Å². The van der Waals surface area contributed by atoms with Gasteiger partial charge in [-0.15, -0.1) is 0 Å².